The molecule has 146 valence electrons. The summed E-state index contributed by atoms with van der Waals surface area (Å²) >= 11 is 0. The molecule has 1 aromatic heterocycles. The Bertz CT molecular complexity index is 920. The Hall–Kier alpha value is -2.22. The third kappa shape index (κ3) is 3.90. The normalized spacial score (nSPS) is 16.9. The second-order valence-corrected chi connectivity index (χ2v) is 9.15. The molecule has 2 aromatic rings. The summed E-state index contributed by atoms with van der Waals surface area (Å²) in [6.45, 7) is 1.39. The number of sulfone groups is 1. The van der Waals surface area contributed by atoms with Crippen molar-refractivity contribution in [1.82, 2.24) is 14.5 Å². The molecule has 1 heterocycles. The highest BCUT2D eigenvalue weighted by Crippen LogP contribution is 2.25. The van der Waals surface area contributed by atoms with Gasteiger partial charge in [0.2, 0.25) is 20.9 Å². The van der Waals surface area contributed by atoms with Crippen LogP contribution in [0.4, 0.5) is 4.39 Å². The van der Waals surface area contributed by atoms with Gasteiger partial charge >= 0.3 is 0 Å². The first kappa shape index (κ1) is 19.5. The molecule has 27 heavy (non-hydrogen) atoms. The Kier molecular flexibility index (Phi) is 5.64. The van der Waals surface area contributed by atoms with Crippen LogP contribution in [0.1, 0.15) is 39.0 Å². The SMILES string of the molecule is CC(C(=O)N(C)C1CCCCC1)S(=O)(=O)c1nccn1-c1cccc(F)c1. The summed E-state index contributed by atoms with van der Waals surface area (Å²) in [5, 5.41) is -1.52. The summed E-state index contributed by atoms with van der Waals surface area (Å²) in [4.78, 5) is 18.4. The molecule has 6 nitrogen and oxygen atoms in total. The van der Waals surface area contributed by atoms with Crippen LogP contribution in [-0.2, 0) is 14.6 Å². The Morgan fingerprint density at radius 3 is 2.67 bits per heavy atom. The molecule has 0 saturated heterocycles. The average Bonchev–Trinajstić information content (AvgIpc) is 3.17. The number of amides is 1. The number of aromatic nitrogens is 2. The fourth-order valence-corrected chi connectivity index (χ4v) is 4.94. The van der Waals surface area contributed by atoms with Gasteiger partial charge in [-0.05, 0) is 38.0 Å². The lowest BCUT2D eigenvalue weighted by Gasteiger charge is -2.32. The van der Waals surface area contributed by atoms with E-state index in [4.69, 9.17) is 0 Å². The van der Waals surface area contributed by atoms with Crippen LogP contribution in [0.2, 0.25) is 0 Å². The van der Waals surface area contributed by atoms with Gasteiger partial charge in [0.25, 0.3) is 0 Å². The molecule has 8 heteroatoms. The van der Waals surface area contributed by atoms with Crippen LogP contribution < -0.4 is 0 Å². The molecule has 3 rings (SSSR count). The van der Waals surface area contributed by atoms with E-state index >= 15 is 0 Å². The van der Waals surface area contributed by atoms with Crippen molar-refractivity contribution in [3.05, 3.63) is 42.5 Å². The van der Waals surface area contributed by atoms with Crippen molar-refractivity contribution in [3.8, 4) is 5.69 Å². The molecule has 1 aromatic carbocycles. The molecule has 1 aliphatic carbocycles. The molecular weight excluding hydrogens is 369 g/mol. The molecule has 0 radical (unpaired) electrons. The van der Waals surface area contributed by atoms with Crippen molar-refractivity contribution in [3.63, 3.8) is 0 Å². The molecule has 1 amide bonds. The number of benzene rings is 1. The second kappa shape index (κ2) is 7.80. The number of carbonyl (C=O) groups is 1. The van der Waals surface area contributed by atoms with Gasteiger partial charge in [0.15, 0.2) is 0 Å². The van der Waals surface area contributed by atoms with Crippen LogP contribution in [0.3, 0.4) is 0 Å². The average molecular weight is 393 g/mol. The van der Waals surface area contributed by atoms with E-state index in [0.717, 1.165) is 32.1 Å². The number of carbonyl (C=O) groups excluding carboxylic acids is 1. The smallest absolute Gasteiger partial charge is 0.241 e. The zero-order valence-corrected chi connectivity index (χ0v) is 16.3. The van der Waals surface area contributed by atoms with Crippen molar-refractivity contribution in [2.24, 2.45) is 0 Å². The first-order valence-corrected chi connectivity index (χ1v) is 10.7. The lowest BCUT2D eigenvalue weighted by Crippen LogP contribution is -2.45. The lowest BCUT2D eigenvalue weighted by molar-refractivity contribution is -0.131. The van der Waals surface area contributed by atoms with Crippen molar-refractivity contribution in [2.45, 2.75) is 55.5 Å². The van der Waals surface area contributed by atoms with E-state index in [-0.39, 0.29) is 11.2 Å². The van der Waals surface area contributed by atoms with Gasteiger partial charge in [0.1, 0.15) is 11.1 Å². The summed E-state index contributed by atoms with van der Waals surface area (Å²) in [6, 6.07) is 5.66. The zero-order valence-electron chi connectivity index (χ0n) is 15.5. The highest BCUT2D eigenvalue weighted by molar-refractivity contribution is 7.92. The Morgan fingerprint density at radius 2 is 2.00 bits per heavy atom. The third-order valence-electron chi connectivity index (χ3n) is 5.23. The Labute approximate surface area is 158 Å². The van der Waals surface area contributed by atoms with Crippen LogP contribution in [-0.4, -0.2) is 47.1 Å². The molecule has 0 aliphatic heterocycles. The number of hydrogen-bond donors (Lipinski definition) is 0. The largest absolute Gasteiger partial charge is 0.342 e. The standard InChI is InChI=1S/C19H24FN3O3S/c1-14(18(24)22(2)16-8-4-3-5-9-16)27(25,26)19-21-11-12-23(19)17-10-6-7-15(20)13-17/h6-7,10-14,16H,3-5,8-9H2,1-2H3. The Balaban J connectivity index is 1.88. The minimum atomic E-state index is -4.03. The predicted octanol–water partition coefficient (Wildman–Crippen LogP) is 2.96. The molecule has 0 N–H and O–H groups in total. The van der Waals surface area contributed by atoms with Crippen LogP contribution in [0, 0.1) is 5.82 Å². The molecule has 1 saturated carbocycles. The molecule has 1 aliphatic rings. The summed E-state index contributed by atoms with van der Waals surface area (Å²) in [6.07, 6.45) is 7.82. The molecule has 0 bridgehead atoms. The fraction of sp³-hybridized carbons (Fsp3) is 0.474. The maximum Gasteiger partial charge on any atom is 0.241 e. The van der Waals surface area contributed by atoms with Crippen molar-refractivity contribution >= 4 is 15.7 Å². The lowest BCUT2D eigenvalue weighted by atomic mass is 9.94. The van der Waals surface area contributed by atoms with E-state index in [1.807, 2.05) is 0 Å². The summed E-state index contributed by atoms with van der Waals surface area (Å²) in [5.74, 6) is -0.915. The maximum atomic E-state index is 13.5. The van der Waals surface area contributed by atoms with Crippen molar-refractivity contribution < 1.29 is 17.6 Å². The number of halogens is 1. The van der Waals surface area contributed by atoms with E-state index in [1.54, 1.807) is 18.0 Å². The minimum Gasteiger partial charge on any atom is -0.342 e. The fourth-order valence-electron chi connectivity index (χ4n) is 3.55. The van der Waals surface area contributed by atoms with Gasteiger partial charge in [0, 0.05) is 25.5 Å². The third-order valence-corrected chi connectivity index (χ3v) is 7.17. The number of imidazole rings is 1. The van der Waals surface area contributed by atoms with Crippen LogP contribution in [0.5, 0.6) is 0 Å². The van der Waals surface area contributed by atoms with Crippen LogP contribution in [0.25, 0.3) is 5.69 Å². The Morgan fingerprint density at radius 1 is 1.30 bits per heavy atom. The van der Waals surface area contributed by atoms with Gasteiger partial charge < -0.3 is 4.90 Å². The highest BCUT2D eigenvalue weighted by Gasteiger charge is 2.37. The monoisotopic (exact) mass is 393 g/mol. The summed E-state index contributed by atoms with van der Waals surface area (Å²) in [7, 11) is -2.36. The number of nitrogens with zero attached hydrogens (tertiary/aromatic N) is 3. The van der Waals surface area contributed by atoms with Crippen molar-refractivity contribution in [1.29, 1.82) is 0 Å². The topological polar surface area (TPSA) is 72.3 Å². The van der Waals surface area contributed by atoms with E-state index in [2.05, 4.69) is 4.98 Å². The first-order valence-electron chi connectivity index (χ1n) is 9.12. The quantitative estimate of drug-likeness (QED) is 0.783. The second-order valence-electron chi connectivity index (χ2n) is 6.99. The first-order chi connectivity index (χ1) is 12.8. The summed E-state index contributed by atoms with van der Waals surface area (Å²) in [5.41, 5.74) is 0.339. The van der Waals surface area contributed by atoms with Gasteiger partial charge in [-0.3, -0.25) is 9.36 Å². The number of hydrogen-bond acceptors (Lipinski definition) is 4. The van der Waals surface area contributed by atoms with E-state index in [0.29, 0.717) is 5.69 Å². The van der Waals surface area contributed by atoms with E-state index in [1.165, 1.54) is 42.1 Å². The van der Waals surface area contributed by atoms with Gasteiger partial charge in [-0.2, -0.15) is 0 Å². The van der Waals surface area contributed by atoms with Gasteiger partial charge in [0.05, 0.1) is 5.69 Å². The van der Waals surface area contributed by atoms with Gasteiger partial charge in [-0.25, -0.2) is 17.8 Å². The summed E-state index contributed by atoms with van der Waals surface area (Å²) < 4.78 is 41.0. The highest BCUT2D eigenvalue weighted by atomic mass is 32.2. The van der Waals surface area contributed by atoms with Gasteiger partial charge in [-0.15, -0.1) is 0 Å². The molecule has 1 atom stereocenters. The van der Waals surface area contributed by atoms with E-state index < -0.39 is 26.8 Å². The van der Waals surface area contributed by atoms with Gasteiger partial charge in [-0.1, -0.05) is 25.3 Å². The van der Waals surface area contributed by atoms with E-state index in [9.17, 15) is 17.6 Å². The van der Waals surface area contributed by atoms with Crippen LogP contribution in [0.15, 0.2) is 41.8 Å². The maximum absolute atomic E-state index is 13.5. The molecule has 1 unspecified atom stereocenters. The molecule has 0 spiro atoms. The van der Waals surface area contributed by atoms with Crippen LogP contribution >= 0.6 is 0 Å². The number of rotatable bonds is 5. The molecule has 1 fully saturated rings. The predicted molar refractivity (Wildman–Crippen MR) is 99.8 cm³/mol. The molecular formula is C19H24FN3O3S. The van der Waals surface area contributed by atoms with Crippen molar-refractivity contribution in [2.75, 3.05) is 7.05 Å². The zero-order chi connectivity index (χ0) is 19.6. The minimum absolute atomic E-state index is 0.0758.